The lowest BCUT2D eigenvalue weighted by Crippen LogP contribution is -2.25. The van der Waals surface area contributed by atoms with Gasteiger partial charge in [-0.15, -0.1) is 0 Å². The third-order valence-electron chi connectivity index (χ3n) is 2.17. The Hall–Kier alpha value is -2.10. The number of esters is 1. The monoisotopic (exact) mass is 247 g/mol. The van der Waals surface area contributed by atoms with Crippen molar-refractivity contribution in [1.29, 1.82) is 0 Å². The lowest BCUT2D eigenvalue weighted by atomic mass is 10.1. The molecule has 4 nitrogen and oxygen atoms in total. The Morgan fingerprint density at radius 1 is 1.28 bits per heavy atom. The van der Waals surface area contributed by atoms with Crippen LogP contribution in [0.15, 0.2) is 42.5 Å². The zero-order valence-electron chi connectivity index (χ0n) is 10.4. The van der Waals surface area contributed by atoms with Crippen molar-refractivity contribution in [1.82, 2.24) is 5.32 Å². The average molecular weight is 247 g/mol. The molecule has 0 aliphatic carbocycles. The third-order valence-corrected chi connectivity index (χ3v) is 2.17. The van der Waals surface area contributed by atoms with Gasteiger partial charge in [0.2, 0.25) is 5.91 Å². The number of carbonyl (C=O) groups is 2. The van der Waals surface area contributed by atoms with E-state index in [4.69, 9.17) is 4.74 Å². The first kappa shape index (κ1) is 14.0. The number of hydrogen-bond donors (Lipinski definition) is 1. The lowest BCUT2D eigenvalue weighted by Gasteiger charge is -2.02. The fraction of sp³-hybridized carbons (Fsp3) is 0.286. The quantitative estimate of drug-likeness (QED) is 0.611. The van der Waals surface area contributed by atoms with E-state index in [9.17, 15) is 9.59 Å². The molecule has 0 bridgehead atoms. The number of nitrogens with one attached hydrogen (secondary N) is 1. The Balaban J connectivity index is 2.24. The SMILES string of the molecule is CCOC(=O)/C=C/CNC(=O)Cc1ccccc1. The predicted molar refractivity (Wildman–Crippen MR) is 68.9 cm³/mol. The third kappa shape index (κ3) is 5.84. The number of hydrogen-bond acceptors (Lipinski definition) is 3. The summed E-state index contributed by atoms with van der Waals surface area (Å²) >= 11 is 0. The van der Waals surface area contributed by atoms with Crippen LogP contribution in [0.2, 0.25) is 0 Å². The van der Waals surface area contributed by atoms with E-state index in [1.807, 2.05) is 30.3 Å². The summed E-state index contributed by atoms with van der Waals surface area (Å²) in [6, 6.07) is 9.48. The number of ether oxygens (including phenoxy) is 1. The summed E-state index contributed by atoms with van der Waals surface area (Å²) in [7, 11) is 0. The van der Waals surface area contributed by atoms with Gasteiger partial charge in [0.05, 0.1) is 13.0 Å². The van der Waals surface area contributed by atoms with Gasteiger partial charge in [0.15, 0.2) is 0 Å². The lowest BCUT2D eigenvalue weighted by molar-refractivity contribution is -0.137. The highest BCUT2D eigenvalue weighted by molar-refractivity contribution is 5.82. The van der Waals surface area contributed by atoms with Crippen LogP contribution in [-0.2, 0) is 20.7 Å². The van der Waals surface area contributed by atoms with E-state index in [1.165, 1.54) is 6.08 Å². The van der Waals surface area contributed by atoms with Crippen molar-refractivity contribution in [3.8, 4) is 0 Å². The molecule has 18 heavy (non-hydrogen) atoms. The van der Waals surface area contributed by atoms with Crippen LogP contribution in [0.25, 0.3) is 0 Å². The minimum Gasteiger partial charge on any atom is -0.463 e. The van der Waals surface area contributed by atoms with Crippen LogP contribution in [0.5, 0.6) is 0 Å². The maximum Gasteiger partial charge on any atom is 0.330 e. The number of amides is 1. The summed E-state index contributed by atoms with van der Waals surface area (Å²) in [5.74, 6) is -0.468. The fourth-order valence-electron chi connectivity index (χ4n) is 1.36. The van der Waals surface area contributed by atoms with Crippen LogP contribution < -0.4 is 5.32 Å². The van der Waals surface area contributed by atoms with Crippen molar-refractivity contribution in [3.63, 3.8) is 0 Å². The van der Waals surface area contributed by atoms with Crippen LogP contribution in [0.4, 0.5) is 0 Å². The molecule has 1 rings (SSSR count). The van der Waals surface area contributed by atoms with Crippen molar-refractivity contribution in [3.05, 3.63) is 48.0 Å². The maximum atomic E-state index is 11.5. The van der Waals surface area contributed by atoms with Gasteiger partial charge < -0.3 is 10.1 Å². The van der Waals surface area contributed by atoms with E-state index in [-0.39, 0.29) is 5.91 Å². The highest BCUT2D eigenvalue weighted by Gasteiger charge is 2.00. The second kappa shape index (κ2) is 8.06. The largest absolute Gasteiger partial charge is 0.463 e. The topological polar surface area (TPSA) is 55.4 Å². The molecule has 0 aromatic heterocycles. The highest BCUT2D eigenvalue weighted by atomic mass is 16.5. The molecule has 4 heteroatoms. The summed E-state index contributed by atoms with van der Waals surface area (Å²) in [5, 5.41) is 2.70. The van der Waals surface area contributed by atoms with E-state index >= 15 is 0 Å². The molecule has 0 radical (unpaired) electrons. The van der Waals surface area contributed by atoms with Gasteiger partial charge in [-0.05, 0) is 12.5 Å². The first-order valence-corrected chi connectivity index (χ1v) is 5.86. The Kier molecular flexibility index (Phi) is 6.25. The Labute approximate surface area is 107 Å². The summed E-state index contributed by atoms with van der Waals surface area (Å²) in [6.45, 7) is 2.42. The normalized spacial score (nSPS) is 10.3. The second-order valence-corrected chi connectivity index (χ2v) is 3.62. The first-order chi connectivity index (χ1) is 8.72. The molecular formula is C14H17NO3. The Bertz CT molecular complexity index is 412. The molecule has 0 aliphatic heterocycles. The molecule has 0 saturated carbocycles. The zero-order valence-corrected chi connectivity index (χ0v) is 10.4. The van der Waals surface area contributed by atoms with E-state index in [0.29, 0.717) is 19.6 Å². The molecule has 0 fully saturated rings. The van der Waals surface area contributed by atoms with Crippen LogP contribution in [0, 0.1) is 0 Å². The van der Waals surface area contributed by atoms with E-state index in [2.05, 4.69) is 5.32 Å². The Morgan fingerprint density at radius 2 is 2.00 bits per heavy atom. The molecule has 96 valence electrons. The van der Waals surface area contributed by atoms with Crippen LogP contribution in [0.1, 0.15) is 12.5 Å². The fourth-order valence-corrected chi connectivity index (χ4v) is 1.36. The van der Waals surface area contributed by atoms with Gasteiger partial charge in [-0.2, -0.15) is 0 Å². The Morgan fingerprint density at radius 3 is 2.67 bits per heavy atom. The van der Waals surface area contributed by atoms with Crippen molar-refractivity contribution < 1.29 is 14.3 Å². The molecule has 0 heterocycles. The predicted octanol–water partition coefficient (Wildman–Crippen LogP) is 1.46. The van der Waals surface area contributed by atoms with Crippen molar-refractivity contribution >= 4 is 11.9 Å². The van der Waals surface area contributed by atoms with E-state index < -0.39 is 5.97 Å². The molecule has 0 unspecified atom stereocenters. The summed E-state index contributed by atoms with van der Waals surface area (Å²) in [4.78, 5) is 22.5. The average Bonchev–Trinajstić information content (AvgIpc) is 2.36. The molecule has 0 saturated heterocycles. The summed E-state index contributed by atoms with van der Waals surface area (Å²) < 4.78 is 4.71. The van der Waals surface area contributed by atoms with Gasteiger partial charge in [-0.1, -0.05) is 36.4 Å². The van der Waals surface area contributed by atoms with Gasteiger partial charge in [0.1, 0.15) is 0 Å². The number of carbonyl (C=O) groups excluding carboxylic acids is 2. The summed E-state index contributed by atoms with van der Waals surface area (Å²) in [6.07, 6.45) is 3.22. The van der Waals surface area contributed by atoms with Gasteiger partial charge in [0, 0.05) is 12.6 Å². The van der Waals surface area contributed by atoms with Crippen LogP contribution in [0.3, 0.4) is 0 Å². The smallest absolute Gasteiger partial charge is 0.330 e. The van der Waals surface area contributed by atoms with Gasteiger partial charge in [-0.3, -0.25) is 4.79 Å². The van der Waals surface area contributed by atoms with Gasteiger partial charge in [0.25, 0.3) is 0 Å². The van der Waals surface area contributed by atoms with Gasteiger partial charge in [-0.25, -0.2) is 4.79 Å². The minimum absolute atomic E-state index is 0.0743. The van der Waals surface area contributed by atoms with Crippen molar-refractivity contribution in [2.45, 2.75) is 13.3 Å². The molecule has 0 spiro atoms. The van der Waals surface area contributed by atoms with Gasteiger partial charge >= 0.3 is 5.97 Å². The van der Waals surface area contributed by atoms with Crippen LogP contribution in [-0.4, -0.2) is 25.0 Å². The molecular weight excluding hydrogens is 230 g/mol. The molecule has 1 aromatic carbocycles. The van der Waals surface area contributed by atoms with Crippen LogP contribution >= 0.6 is 0 Å². The number of rotatable bonds is 6. The molecule has 1 amide bonds. The molecule has 0 aliphatic rings. The first-order valence-electron chi connectivity index (χ1n) is 5.86. The van der Waals surface area contributed by atoms with E-state index in [0.717, 1.165) is 5.56 Å². The van der Waals surface area contributed by atoms with Crippen molar-refractivity contribution in [2.24, 2.45) is 0 Å². The molecule has 1 aromatic rings. The summed E-state index contributed by atoms with van der Waals surface area (Å²) in [5.41, 5.74) is 0.962. The number of benzene rings is 1. The molecule has 0 atom stereocenters. The standard InChI is InChI=1S/C14H17NO3/c1-2-18-14(17)9-6-10-15-13(16)11-12-7-4-3-5-8-12/h3-9H,2,10-11H2,1H3,(H,15,16)/b9-6+. The minimum atomic E-state index is -0.394. The molecule has 1 N–H and O–H groups in total. The highest BCUT2D eigenvalue weighted by Crippen LogP contribution is 1.98. The maximum absolute atomic E-state index is 11.5. The van der Waals surface area contributed by atoms with E-state index in [1.54, 1.807) is 13.0 Å². The second-order valence-electron chi connectivity index (χ2n) is 3.62. The van der Waals surface area contributed by atoms with Crippen molar-refractivity contribution in [2.75, 3.05) is 13.2 Å². The zero-order chi connectivity index (χ0) is 13.2.